The minimum Gasteiger partial charge on any atom is -0.459 e. The molecule has 4 aromatic carbocycles. The van der Waals surface area contributed by atoms with Crippen molar-refractivity contribution in [2.75, 3.05) is 0 Å². The van der Waals surface area contributed by atoms with Crippen LogP contribution in [0.4, 0.5) is 5.69 Å². The second kappa shape index (κ2) is 10.4. The van der Waals surface area contributed by atoms with Crippen molar-refractivity contribution in [1.29, 1.82) is 0 Å². The summed E-state index contributed by atoms with van der Waals surface area (Å²) in [6.07, 6.45) is 0.127. The number of nitro benzene ring substituents is 1. The summed E-state index contributed by atoms with van der Waals surface area (Å²) in [5.74, 6) is -0.990. The standard InChI is InChI=1S/C27H22N2O5/c30-26(24-12-6-10-21-9-4-5-11-23(21)24)28-25(17-19-13-15-22(16-14-19)29(32)33)27(31)34-18-20-7-2-1-3-8-20/h1-16,25H,17-18H2,(H,28,30)/t25-/m0/s1. The van der Waals surface area contributed by atoms with Crippen LogP contribution in [0.25, 0.3) is 10.8 Å². The number of nitrogens with one attached hydrogen (secondary N) is 1. The molecule has 7 heteroatoms. The topological polar surface area (TPSA) is 98.5 Å². The van der Waals surface area contributed by atoms with Crippen molar-refractivity contribution >= 4 is 28.3 Å². The molecule has 0 bridgehead atoms. The fraction of sp³-hybridized carbons (Fsp3) is 0.111. The van der Waals surface area contributed by atoms with E-state index in [2.05, 4.69) is 5.32 Å². The Morgan fingerprint density at radius 1 is 0.824 bits per heavy atom. The zero-order chi connectivity index (χ0) is 23.9. The number of ether oxygens (including phenoxy) is 1. The van der Waals surface area contributed by atoms with Gasteiger partial charge >= 0.3 is 5.97 Å². The molecule has 1 atom stereocenters. The van der Waals surface area contributed by atoms with Gasteiger partial charge in [-0.2, -0.15) is 0 Å². The molecule has 0 spiro atoms. The summed E-state index contributed by atoms with van der Waals surface area (Å²) in [6.45, 7) is 0.0700. The maximum atomic E-state index is 13.2. The fourth-order valence-electron chi connectivity index (χ4n) is 3.67. The van der Waals surface area contributed by atoms with Crippen LogP contribution in [-0.2, 0) is 22.6 Å². The Kier molecular flexibility index (Phi) is 6.93. The molecule has 7 nitrogen and oxygen atoms in total. The molecule has 0 aliphatic carbocycles. The number of nitrogens with zero attached hydrogens (tertiary/aromatic N) is 1. The van der Waals surface area contributed by atoms with E-state index >= 15 is 0 Å². The number of fused-ring (bicyclic) bond motifs is 1. The van der Waals surface area contributed by atoms with E-state index in [1.54, 1.807) is 24.3 Å². The number of rotatable bonds is 8. The highest BCUT2D eigenvalue weighted by Crippen LogP contribution is 2.19. The van der Waals surface area contributed by atoms with E-state index in [9.17, 15) is 19.7 Å². The molecule has 0 unspecified atom stereocenters. The van der Waals surface area contributed by atoms with Gasteiger partial charge in [-0.3, -0.25) is 14.9 Å². The summed E-state index contributed by atoms with van der Waals surface area (Å²) in [5, 5.41) is 15.4. The van der Waals surface area contributed by atoms with Gasteiger partial charge in [0.1, 0.15) is 12.6 Å². The first-order valence-corrected chi connectivity index (χ1v) is 10.7. The normalized spacial score (nSPS) is 11.5. The maximum absolute atomic E-state index is 13.2. The summed E-state index contributed by atoms with van der Waals surface area (Å²) < 4.78 is 5.49. The van der Waals surface area contributed by atoms with E-state index in [1.807, 2.05) is 60.7 Å². The zero-order valence-corrected chi connectivity index (χ0v) is 18.2. The molecule has 170 valence electrons. The second-order valence-electron chi connectivity index (χ2n) is 7.77. The number of hydrogen-bond donors (Lipinski definition) is 1. The number of hydrogen-bond acceptors (Lipinski definition) is 5. The molecule has 34 heavy (non-hydrogen) atoms. The van der Waals surface area contributed by atoms with Gasteiger partial charge in [0.2, 0.25) is 0 Å². The molecular weight excluding hydrogens is 432 g/mol. The number of esters is 1. The SMILES string of the molecule is O=C(N[C@@H](Cc1ccc([N+](=O)[O-])cc1)C(=O)OCc1ccccc1)c1cccc2ccccc12. The Hall–Kier alpha value is -4.52. The van der Waals surface area contributed by atoms with E-state index in [0.717, 1.165) is 16.3 Å². The van der Waals surface area contributed by atoms with Crippen LogP contribution >= 0.6 is 0 Å². The molecule has 1 amide bonds. The van der Waals surface area contributed by atoms with Gasteiger partial charge in [-0.15, -0.1) is 0 Å². The van der Waals surface area contributed by atoms with E-state index in [1.165, 1.54) is 12.1 Å². The Morgan fingerprint density at radius 3 is 2.24 bits per heavy atom. The van der Waals surface area contributed by atoms with Crippen LogP contribution in [0.2, 0.25) is 0 Å². The highest BCUT2D eigenvalue weighted by atomic mass is 16.6. The fourth-order valence-corrected chi connectivity index (χ4v) is 3.67. The van der Waals surface area contributed by atoms with Crippen LogP contribution in [0.1, 0.15) is 21.5 Å². The van der Waals surface area contributed by atoms with Crippen molar-refractivity contribution in [2.45, 2.75) is 19.1 Å². The quantitative estimate of drug-likeness (QED) is 0.234. The third-order valence-electron chi connectivity index (χ3n) is 5.44. The van der Waals surface area contributed by atoms with Crippen LogP contribution in [0.5, 0.6) is 0 Å². The number of carbonyl (C=O) groups excluding carboxylic acids is 2. The van der Waals surface area contributed by atoms with Gasteiger partial charge < -0.3 is 10.1 Å². The zero-order valence-electron chi connectivity index (χ0n) is 18.2. The van der Waals surface area contributed by atoms with Crippen molar-refractivity contribution in [2.24, 2.45) is 0 Å². The molecule has 0 aliphatic heterocycles. The molecule has 0 aliphatic rings. The van der Waals surface area contributed by atoms with Gasteiger partial charge in [0, 0.05) is 24.1 Å². The largest absolute Gasteiger partial charge is 0.459 e. The monoisotopic (exact) mass is 454 g/mol. The molecule has 0 saturated heterocycles. The van der Waals surface area contributed by atoms with E-state index in [-0.39, 0.29) is 18.7 Å². The molecule has 0 radical (unpaired) electrons. The first-order chi connectivity index (χ1) is 16.5. The minimum absolute atomic E-state index is 0.0493. The first kappa shape index (κ1) is 22.7. The average Bonchev–Trinajstić information content (AvgIpc) is 2.87. The molecule has 4 aromatic rings. The number of carbonyl (C=O) groups is 2. The maximum Gasteiger partial charge on any atom is 0.329 e. The molecule has 0 heterocycles. The van der Waals surface area contributed by atoms with Crippen molar-refractivity contribution in [3.05, 3.63) is 124 Å². The lowest BCUT2D eigenvalue weighted by Crippen LogP contribution is -2.43. The Labute approximate surface area is 196 Å². The second-order valence-corrected chi connectivity index (χ2v) is 7.77. The minimum atomic E-state index is -0.975. The van der Waals surface area contributed by atoms with Gasteiger partial charge in [-0.25, -0.2) is 4.79 Å². The molecule has 1 N–H and O–H groups in total. The van der Waals surface area contributed by atoms with E-state index in [0.29, 0.717) is 11.1 Å². The van der Waals surface area contributed by atoms with E-state index in [4.69, 9.17) is 4.74 Å². The van der Waals surface area contributed by atoms with Crippen LogP contribution in [0, 0.1) is 10.1 Å². The summed E-state index contributed by atoms with van der Waals surface area (Å²) in [5.41, 5.74) is 1.88. The van der Waals surface area contributed by atoms with Gasteiger partial charge in [-0.1, -0.05) is 78.9 Å². The summed E-state index contributed by atoms with van der Waals surface area (Å²) >= 11 is 0. The summed E-state index contributed by atoms with van der Waals surface area (Å²) in [7, 11) is 0. The lowest BCUT2D eigenvalue weighted by atomic mass is 10.0. The van der Waals surface area contributed by atoms with Crippen LogP contribution in [-0.4, -0.2) is 22.8 Å². The summed E-state index contributed by atoms with van der Waals surface area (Å²) in [4.78, 5) is 36.6. The lowest BCUT2D eigenvalue weighted by molar-refractivity contribution is -0.384. The van der Waals surface area contributed by atoms with Crippen LogP contribution in [0.3, 0.4) is 0 Å². The molecule has 4 rings (SSSR count). The van der Waals surface area contributed by atoms with Crippen molar-refractivity contribution in [1.82, 2.24) is 5.32 Å². The molecular formula is C27H22N2O5. The van der Waals surface area contributed by atoms with E-state index < -0.39 is 22.8 Å². The van der Waals surface area contributed by atoms with Gasteiger partial charge in [0.05, 0.1) is 4.92 Å². The van der Waals surface area contributed by atoms with Gasteiger partial charge in [0.15, 0.2) is 0 Å². The lowest BCUT2D eigenvalue weighted by Gasteiger charge is -2.19. The highest BCUT2D eigenvalue weighted by molar-refractivity contribution is 6.08. The highest BCUT2D eigenvalue weighted by Gasteiger charge is 2.24. The number of benzene rings is 4. The van der Waals surface area contributed by atoms with Crippen molar-refractivity contribution in [3.8, 4) is 0 Å². The molecule has 0 aromatic heterocycles. The molecule has 0 saturated carbocycles. The summed E-state index contributed by atoms with van der Waals surface area (Å²) in [6, 6.07) is 27.1. The Morgan fingerprint density at radius 2 is 1.50 bits per heavy atom. The van der Waals surface area contributed by atoms with Crippen LogP contribution < -0.4 is 5.32 Å². The predicted octanol–water partition coefficient (Wildman–Crippen LogP) is 4.83. The van der Waals surface area contributed by atoms with Crippen molar-refractivity contribution < 1.29 is 19.2 Å². The predicted molar refractivity (Wildman–Crippen MR) is 128 cm³/mol. The first-order valence-electron chi connectivity index (χ1n) is 10.7. The molecule has 0 fully saturated rings. The van der Waals surface area contributed by atoms with Crippen molar-refractivity contribution in [3.63, 3.8) is 0 Å². The third-order valence-corrected chi connectivity index (χ3v) is 5.44. The smallest absolute Gasteiger partial charge is 0.329 e. The number of non-ortho nitro benzene ring substituents is 1. The third kappa shape index (κ3) is 5.45. The Balaban J connectivity index is 1.56. The van der Waals surface area contributed by atoms with Gasteiger partial charge in [0.25, 0.3) is 11.6 Å². The number of nitro groups is 1. The van der Waals surface area contributed by atoms with Gasteiger partial charge in [-0.05, 0) is 28.0 Å². The number of amides is 1. The Bertz CT molecular complexity index is 1310. The van der Waals surface area contributed by atoms with Crippen LogP contribution in [0.15, 0.2) is 97.1 Å². The average molecular weight is 454 g/mol.